The monoisotopic (exact) mass is 550 g/mol. The first-order valence-electron chi connectivity index (χ1n) is 13.2. The number of nitrogen functional groups attached to an aromatic ring is 1. The van der Waals surface area contributed by atoms with E-state index >= 15 is 0 Å². The van der Waals surface area contributed by atoms with Gasteiger partial charge in [-0.3, -0.25) is 4.79 Å². The molecule has 11 heteroatoms. The fourth-order valence-corrected chi connectivity index (χ4v) is 4.85. The van der Waals surface area contributed by atoms with Crippen molar-refractivity contribution >= 4 is 28.3 Å². The number of carbonyl (C=O) groups is 1. The number of fused-ring (bicyclic) bond motifs is 3. The Hall–Kier alpha value is -4.12. The summed E-state index contributed by atoms with van der Waals surface area (Å²) in [5.74, 6) is 0.587. The van der Waals surface area contributed by atoms with E-state index in [-0.39, 0.29) is 29.8 Å². The molecular weight excluding hydrogens is 521 g/mol. The van der Waals surface area contributed by atoms with Crippen LogP contribution in [0, 0.1) is 0 Å². The smallest absolute Gasteiger partial charge is 0.383 e. The van der Waals surface area contributed by atoms with Gasteiger partial charge in [-0.25, -0.2) is 19.9 Å². The molecule has 3 aromatic heterocycles. The Kier molecular flexibility index (Phi) is 7.41. The molecule has 1 aromatic carbocycles. The lowest BCUT2D eigenvalue weighted by Gasteiger charge is -2.25. The number of hydrogen-bond donors (Lipinski definition) is 1. The summed E-state index contributed by atoms with van der Waals surface area (Å²) in [5, 5.41) is 0.849. The number of rotatable bonds is 5. The predicted molar refractivity (Wildman–Crippen MR) is 144 cm³/mol. The van der Waals surface area contributed by atoms with Gasteiger partial charge in [0.1, 0.15) is 11.6 Å². The molecule has 0 bridgehead atoms. The summed E-state index contributed by atoms with van der Waals surface area (Å²) in [6, 6.07) is 7.92. The first-order valence-corrected chi connectivity index (χ1v) is 13.2. The summed E-state index contributed by atoms with van der Waals surface area (Å²) in [4.78, 5) is 31.3. The minimum atomic E-state index is -4.77. The molecule has 1 aliphatic carbocycles. The highest BCUT2D eigenvalue weighted by atomic mass is 19.4. The number of halogens is 3. The van der Waals surface area contributed by atoms with E-state index in [2.05, 4.69) is 19.9 Å². The lowest BCUT2D eigenvalue weighted by molar-refractivity contribution is -0.140. The number of aromatic nitrogens is 4. The molecule has 1 fully saturated rings. The van der Waals surface area contributed by atoms with Gasteiger partial charge in [-0.05, 0) is 49.1 Å². The maximum Gasteiger partial charge on any atom is 0.435 e. The van der Waals surface area contributed by atoms with E-state index in [4.69, 9.17) is 10.5 Å². The van der Waals surface area contributed by atoms with Crippen molar-refractivity contribution < 1.29 is 22.7 Å². The van der Waals surface area contributed by atoms with E-state index in [1.54, 1.807) is 12.1 Å². The van der Waals surface area contributed by atoms with E-state index in [1.807, 2.05) is 26.8 Å². The molecule has 2 N–H and O–H groups in total. The Labute approximate surface area is 229 Å². The molecule has 8 nitrogen and oxygen atoms in total. The molecule has 0 saturated heterocycles. The summed E-state index contributed by atoms with van der Waals surface area (Å²) in [7, 11) is 0. The van der Waals surface area contributed by atoms with Gasteiger partial charge in [-0.15, -0.1) is 0 Å². The van der Waals surface area contributed by atoms with Crippen molar-refractivity contribution in [2.45, 2.75) is 65.0 Å². The van der Waals surface area contributed by atoms with Gasteiger partial charge in [0, 0.05) is 35.5 Å². The van der Waals surface area contributed by atoms with Crippen LogP contribution < -0.4 is 10.6 Å². The number of benzene rings is 1. The van der Waals surface area contributed by atoms with Crippen molar-refractivity contribution in [3.05, 3.63) is 82.7 Å². The molecule has 208 valence electrons. The number of nitrogens with zero attached hydrogens (tertiary/aromatic N) is 5. The molecule has 1 amide bonds. The first-order chi connectivity index (χ1) is 19.2. The minimum Gasteiger partial charge on any atom is -0.383 e. The molecule has 40 heavy (non-hydrogen) atoms. The zero-order valence-corrected chi connectivity index (χ0v) is 22.4. The fraction of sp³-hybridized carbons (Fsp3) is 0.345. The largest absolute Gasteiger partial charge is 0.435 e. The number of anilines is 2. The topological polar surface area (TPSA) is 107 Å². The van der Waals surface area contributed by atoms with E-state index in [0.717, 1.165) is 40.5 Å². The maximum atomic E-state index is 13.9. The van der Waals surface area contributed by atoms with Crippen molar-refractivity contribution in [1.29, 1.82) is 0 Å². The quantitative estimate of drug-likeness (QED) is 0.308. The minimum absolute atomic E-state index is 0.0819. The van der Waals surface area contributed by atoms with Crippen molar-refractivity contribution in [3.63, 3.8) is 0 Å². The molecule has 1 saturated carbocycles. The summed E-state index contributed by atoms with van der Waals surface area (Å²) >= 11 is 0. The third-order valence-electron chi connectivity index (χ3n) is 6.91. The van der Waals surface area contributed by atoms with Crippen LogP contribution in [0.5, 0.6) is 0 Å². The van der Waals surface area contributed by atoms with Crippen molar-refractivity contribution in [1.82, 2.24) is 19.9 Å². The SMILES string of the molecule is CC.CC1OCc2c1c(N)nc1cc(CN(C(=O)c3cnc(C4CC4)nc3)c3cccnc3C(F)(F)F)ccc21. The number of ether oxygens (including phenoxy) is 1. The van der Waals surface area contributed by atoms with Crippen LogP contribution >= 0.6 is 0 Å². The normalized spacial score (nSPS) is 16.3. The zero-order chi connectivity index (χ0) is 28.6. The lowest BCUT2D eigenvalue weighted by atomic mass is 10.0. The second-order valence-corrected chi connectivity index (χ2v) is 9.56. The van der Waals surface area contributed by atoms with E-state index in [9.17, 15) is 18.0 Å². The first kappa shape index (κ1) is 27.4. The number of carbonyl (C=O) groups excluding carboxylic acids is 1. The standard InChI is InChI=1S/C27H23F3N6O2.C2H6/c1-14-22-19(13-38-14)18-7-4-15(9-20(18)35-24(22)31)12-36(21-3-2-8-32-23(21)27(28,29)30)26(37)17-10-33-25(34-11-17)16-5-6-16;1-2/h2-4,7-11,14,16H,5-6,12-13H2,1H3,(H2,31,35);1-2H3. The summed E-state index contributed by atoms with van der Waals surface area (Å²) in [6.07, 6.45) is 0.818. The van der Waals surface area contributed by atoms with Crippen LogP contribution in [0.25, 0.3) is 10.9 Å². The van der Waals surface area contributed by atoms with Crippen LogP contribution in [-0.2, 0) is 24.1 Å². The number of alkyl halides is 3. The lowest BCUT2D eigenvalue weighted by Crippen LogP contribution is -2.33. The summed E-state index contributed by atoms with van der Waals surface area (Å²) in [5.41, 5.74) is 7.69. The number of pyridine rings is 2. The second-order valence-electron chi connectivity index (χ2n) is 9.56. The highest BCUT2D eigenvalue weighted by Crippen LogP contribution is 2.40. The van der Waals surface area contributed by atoms with Crippen LogP contribution in [0.2, 0.25) is 0 Å². The van der Waals surface area contributed by atoms with Crippen LogP contribution in [-0.4, -0.2) is 25.8 Å². The predicted octanol–water partition coefficient (Wildman–Crippen LogP) is 6.36. The third-order valence-corrected chi connectivity index (χ3v) is 6.91. The van der Waals surface area contributed by atoms with Crippen LogP contribution in [0.15, 0.2) is 48.9 Å². The molecule has 6 rings (SSSR count). The van der Waals surface area contributed by atoms with Crippen LogP contribution in [0.3, 0.4) is 0 Å². The van der Waals surface area contributed by atoms with Crippen LogP contribution in [0.1, 0.15) is 84.2 Å². The summed E-state index contributed by atoms with van der Waals surface area (Å²) in [6.45, 7) is 6.13. The zero-order valence-electron chi connectivity index (χ0n) is 22.4. The van der Waals surface area contributed by atoms with Gasteiger partial charge in [0.05, 0.1) is 36.0 Å². The van der Waals surface area contributed by atoms with Gasteiger partial charge in [0.2, 0.25) is 0 Å². The van der Waals surface area contributed by atoms with Gasteiger partial charge in [0.15, 0.2) is 5.69 Å². The highest BCUT2D eigenvalue weighted by molar-refractivity contribution is 6.06. The number of amides is 1. The molecular formula is C29H29F3N6O2. The van der Waals surface area contributed by atoms with Crippen molar-refractivity contribution in [3.8, 4) is 0 Å². The van der Waals surface area contributed by atoms with Gasteiger partial charge in [0.25, 0.3) is 5.91 Å². The molecule has 1 atom stereocenters. The molecule has 1 unspecified atom stereocenters. The van der Waals surface area contributed by atoms with Crippen molar-refractivity contribution in [2.24, 2.45) is 0 Å². The van der Waals surface area contributed by atoms with E-state index < -0.39 is 17.8 Å². The Bertz CT molecular complexity index is 1550. The van der Waals surface area contributed by atoms with Gasteiger partial charge < -0.3 is 15.4 Å². The number of nitrogens with two attached hydrogens (primary N) is 1. The van der Waals surface area contributed by atoms with Gasteiger partial charge >= 0.3 is 6.18 Å². The van der Waals surface area contributed by atoms with E-state index in [1.165, 1.54) is 24.5 Å². The average molecular weight is 551 g/mol. The molecule has 2 aliphatic rings. The summed E-state index contributed by atoms with van der Waals surface area (Å²) < 4.78 is 47.5. The second kappa shape index (κ2) is 10.8. The molecule has 1 aliphatic heterocycles. The fourth-order valence-electron chi connectivity index (χ4n) is 4.85. The Morgan fingerprint density at radius 1 is 1.12 bits per heavy atom. The van der Waals surface area contributed by atoms with Crippen molar-refractivity contribution in [2.75, 3.05) is 10.6 Å². The van der Waals surface area contributed by atoms with Crippen LogP contribution in [0.4, 0.5) is 24.7 Å². The van der Waals surface area contributed by atoms with Gasteiger partial charge in [-0.2, -0.15) is 13.2 Å². The highest BCUT2D eigenvalue weighted by Gasteiger charge is 2.38. The Morgan fingerprint density at radius 3 is 2.52 bits per heavy atom. The average Bonchev–Trinajstić information content (AvgIpc) is 3.73. The number of hydrogen-bond acceptors (Lipinski definition) is 7. The van der Waals surface area contributed by atoms with E-state index in [0.29, 0.717) is 29.3 Å². The molecule has 0 spiro atoms. The maximum absolute atomic E-state index is 13.9. The molecule has 0 radical (unpaired) electrons. The van der Waals surface area contributed by atoms with Gasteiger partial charge in [-0.1, -0.05) is 26.0 Å². The Morgan fingerprint density at radius 2 is 1.85 bits per heavy atom. The third kappa shape index (κ3) is 5.21. The molecule has 4 aromatic rings. The molecule has 4 heterocycles. The Balaban J connectivity index is 0.00000158.